The van der Waals surface area contributed by atoms with Crippen LogP contribution in [0.5, 0.6) is 5.75 Å². The lowest BCUT2D eigenvalue weighted by atomic mass is 9.90. The number of piperidine rings is 1. The zero-order valence-corrected chi connectivity index (χ0v) is 19.8. The van der Waals surface area contributed by atoms with Gasteiger partial charge in [0.25, 0.3) is 0 Å². The Hall–Kier alpha value is -2.45. The van der Waals surface area contributed by atoms with E-state index < -0.39 is 11.9 Å². The number of hydrogen-bond acceptors (Lipinski definition) is 6. The molecule has 9 heteroatoms. The van der Waals surface area contributed by atoms with Gasteiger partial charge in [0.05, 0.1) is 36.5 Å². The quantitative estimate of drug-likeness (QED) is 0.614. The molecule has 7 nitrogen and oxygen atoms in total. The number of benzene rings is 1. The Labute approximate surface area is 203 Å². The van der Waals surface area contributed by atoms with Crippen LogP contribution in [0.2, 0.25) is 5.02 Å². The molecular formula is C25H30ClFN4O3. The number of carbonyl (C=O) groups excluding carboxylic acids is 1. The molecule has 1 amide bonds. The molecule has 3 fully saturated rings. The number of likely N-dealkylation sites (tertiary alicyclic amines) is 1. The molecular weight excluding hydrogens is 459 g/mol. The highest BCUT2D eigenvalue weighted by molar-refractivity contribution is 6.30. The lowest BCUT2D eigenvalue weighted by molar-refractivity contribution is -0.140. The number of hydrogen-bond donors (Lipinski definition) is 1. The third-order valence-corrected chi connectivity index (χ3v) is 7.55. The molecule has 182 valence electrons. The van der Waals surface area contributed by atoms with Crippen LogP contribution in [0.3, 0.4) is 0 Å². The number of carbonyl (C=O) groups is 1. The number of amides is 1. The van der Waals surface area contributed by atoms with E-state index in [-0.39, 0.29) is 12.3 Å². The molecule has 3 heterocycles. The van der Waals surface area contributed by atoms with Gasteiger partial charge >= 0.3 is 0 Å². The maximum absolute atomic E-state index is 14.4. The maximum Gasteiger partial charge on any atom is 0.227 e. The minimum atomic E-state index is -0.451. The molecule has 1 aliphatic carbocycles. The SMILES string of the molecule is O=C(Cc1ccc(OCC[C@@H]2C[C@@H]2C2CCN(c3ncc(Cl)cn3)CC2)cc1F)N1CC(O)C1. The van der Waals surface area contributed by atoms with Crippen molar-refractivity contribution in [1.82, 2.24) is 14.9 Å². The molecule has 2 aromatic rings. The van der Waals surface area contributed by atoms with Crippen molar-refractivity contribution in [3.05, 3.63) is 47.0 Å². The highest BCUT2D eigenvalue weighted by Crippen LogP contribution is 2.49. The summed E-state index contributed by atoms with van der Waals surface area (Å²) >= 11 is 5.88. The van der Waals surface area contributed by atoms with Crippen molar-refractivity contribution in [3.63, 3.8) is 0 Å². The summed E-state index contributed by atoms with van der Waals surface area (Å²) in [4.78, 5) is 24.5. The summed E-state index contributed by atoms with van der Waals surface area (Å²) in [6, 6.07) is 4.72. The van der Waals surface area contributed by atoms with Crippen molar-refractivity contribution in [3.8, 4) is 5.75 Å². The predicted octanol–water partition coefficient (Wildman–Crippen LogP) is 3.34. The number of β-amino-alcohol motifs (C(OH)–C–C–N with tert-alkyl or cyclic N) is 1. The molecule has 2 aliphatic heterocycles. The van der Waals surface area contributed by atoms with Crippen LogP contribution in [0.15, 0.2) is 30.6 Å². The molecule has 0 unspecified atom stereocenters. The van der Waals surface area contributed by atoms with Gasteiger partial charge in [-0.15, -0.1) is 0 Å². The second-order valence-corrected chi connectivity index (χ2v) is 10.1. The second kappa shape index (κ2) is 10.0. The fourth-order valence-electron chi connectivity index (χ4n) is 5.20. The van der Waals surface area contributed by atoms with Crippen molar-refractivity contribution in [1.29, 1.82) is 0 Å². The summed E-state index contributed by atoms with van der Waals surface area (Å²) in [5.74, 6) is 2.83. The van der Waals surface area contributed by atoms with Crippen LogP contribution >= 0.6 is 11.6 Å². The number of aliphatic hydroxyl groups is 1. The number of rotatable bonds is 8. The van der Waals surface area contributed by atoms with Crippen LogP contribution in [0.4, 0.5) is 10.3 Å². The Balaban J connectivity index is 1.02. The Morgan fingerprint density at radius 1 is 1.21 bits per heavy atom. The van der Waals surface area contributed by atoms with Gasteiger partial charge in [0.2, 0.25) is 11.9 Å². The van der Waals surface area contributed by atoms with Crippen LogP contribution in [-0.2, 0) is 11.2 Å². The largest absolute Gasteiger partial charge is 0.493 e. The summed E-state index contributed by atoms with van der Waals surface area (Å²) in [6.07, 6.45) is 7.36. The van der Waals surface area contributed by atoms with Gasteiger partial charge in [-0.3, -0.25) is 4.79 Å². The van der Waals surface area contributed by atoms with Gasteiger partial charge in [-0.2, -0.15) is 0 Å². The summed E-state index contributed by atoms with van der Waals surface area (Å²) in [6.45, 7) is 3.18. The first-order valence-electron chi connectivity index (χ1n) is 12.1. The van der Waals surface area contributed by atoms with Crippen molar-refractivity contribution >= 4 is 23.5 Å². The third-order valence-electron chi connectivity index (χ3n) is 7.35. The van der Waals surface area contributed by atoms with Crippen LogP contribution in [0.1, 0.15) is 31.2 Å². The second-order valence-electron chi connectivity index (χ2n) is 9.71. The van der Waals surface area contributed by atoms with Crippen molar-refractivity contribution in [2.75, 3.05) is 37.7 Å². The Morgan fingerprint density at radius 3 is 2.62 bits per heavy atom. The lowest BCUT2D eigenvalue weighted by Crippen LogP contribution is -2.54. The van der Waals surface area contributed by atoms with Gasteiger partial charge in [0.15, 0.2) is 0 Å². The van der Waals surface area contributed by atoms with E-state index in [1.807, 2.05) is 0 Å². The summed E-state index contributed by atoms with van der Waals surface area (Å²) in [5, 5.41) is 9.86. The standard InChI is InChI=1S/C25H30ClFN4O3/c26-19-12-28-25(29-13-19)30-6-3-16(4-7-30)22-9-17(22)5-8-34-21-2-1-18(23(27)11-21)10-24(33)31-14-20(32)15-31/h1-2,11-13,16-17,20,22,32H,3-10,14-15H2/t17-,22-/m1/s1. The normalized spacial score (nSPS) is 23.0. The van der Waals surface area contributed by atoms with E-state index in [1.165, 1.54) is 17.4 Å². The lowest BCUT2D eigenvalue weighted by Gasteiger charge is -2.35. The molecule has 0 bridgehead atoms. The summed E-state index contributed by atoms with van der Waals surface area (Å²) in [5.41, 5.74) is 0.358. The molecule has 1 aromatic heterocycles. The summed E-state index contributed by atoms with van der Waals surface area (Å²) in [7, 11) is 0. The van der Waals surface area contributed by atoms with E-state index in [0.29, 0.717) is 41.9 Å². The highest BCUT2D eigenvalue weighted by Gasteiger charge is 2.43. The zero-order valence-electron chi connectivity index (χ0n) is 19.1. The molecule has 1 saturated carbocycles. The van der Waals surface area contributed by atoms with E-state index in [1.54, 1.807) is 24.5 Å². The highest BCUT2D eigenvalue weighted by atomic mass is 35.5. The van der Waals surface area contributed by atoms with Crippen LogP contribution < -0.4 is 9.64 Å². The van der Waals surface area contributed by atoms with Crippen LogP contribution in [0.25, 0.3) is 0 Å². The molecule has 1 aromatic carbocycles. The molecule has 2 atom stereocenters. The van der Waals surface area contributed by atoms with Crippen molar-refractivity contribution in [2.24, 2.45) is 17.8 Å². The molecule has 34 heavy (non-hydrogen) atoms. The maximum atomic E-state index is 14.4. The molecule has 0 radical (unpaired) electrons. The van der Waals surface area contributed by atoms with E-state index >= 15 is 0 Å². The average molecular weight is 489 g/mol. The number of aromatic nitrogens is 2. The first-order valence-corrected chi connectivity index (χ1v) is 12.4. The Bertz CT molecular complexity index is 1010. The third kappa shape index (κ3) is 5.44. The van der Waals surface area contributed by atoms with E-state index in [2.05, 4.69) is 14.9 Å². The minimum absolute atomic E-state index is 0.00550. The Morgan fingerprint density at radius 2 is 1.94 bits per heavy atom. The molecule has 3 aliphatic rings. The van der Waals surface area contributed by atoms with Crippen molar-refractivity contribution in [2.45, 2.75) is 38.2 Å². The van der Waals surface area contributed by atoms with Crippen LogP contribution in [0, 0.1) is 23.6 Å². The van der Waals surface area contributed by atoms with Gasteiger partial charge < -0.3 is 19.6 Å². The predicted molar refractivity (Wildman–Crippen MR) is 126 cm³/mol. The molecule has 0 spiro atoms. The monoisotopic (exact) mass is 488 g/mol. The molecule has 2 saturated heterocycles. The van der Waals surface area contributed by atoms with Crippen molar-refractivity contribution < 1.29 is 19.0 Å². The Kier molecular flexibility index (Phi) is 6.88. The first-order chi connectivity index (χ1) is 16.5. The number of nitrogens with zero attached hydrogens (tertiary/aromatic N) is 4. The topological polar surface area (TPSA) is 78.8 Å². The minimum Gasteiger partial charge on any atom is -0.493 e. The van der Waals surface area contributed by atoms with Gasteiger partial charge in [-0.25, -0.2) is 14.4 Å². The summed E-state index contributed by atoms with van der Waals surface area (Å²) < 4.78 is 20.2. The molecule has 1 N–H and O–H groups in total. The van der Waals surface area contributed by atoms with Gasteiger partial charge in [0, 0.05) is 32.2 Å². The van der Waals surface area contributed by atoms with E-state index in [9.17, 15) is 14.3 Å². The van der Waals surface area contributed by atoms with Gasteiger partial charge in [0.1, 0.15) is 11.6 Å². The molecule has 5 rings (SSSR count). The fraction of sp³-hybridized carbons (Fsp3) is 0.560. The number of halogens is 2. The average Bonchev–Trinajstić information content (AvgIpc) is 3.59. The smallest absolute Gasteiger partial charge is 0.227 e. The van der Waals surface area contributed by atoms with E-state index in [0.717, 1.165) is 50.1 Å². The van der Waals surface area contributed by atoms with Gasteiger partial charge in [-0.1, -0.05) is 17.7 Å². The zero-order chi connectivity index (χ0) is 23.7. The number of anilines is 1. The van der Waals surface area contributed by atoms with E-state index in [4.69, 9.17) is 16.3 Å². The number of aliphatic hydroxyl groups excluding tert-OH is 1. The van der Waals surface area contributed by atoms with Crippen LogP contribution in [-0.4, -0.2) is 64.8 Å². The first kappa shape index (κ1) is 23.3. The fourth-order valence-corrected chi connectivity index (χ4v) is 5.30. The number of ether oxygens (including phenoxy) is 1. The van der Waals surface area contributed by atoms with Gasteiger partial charge in [-0.05, 0) is 55.1 Å².